The Morgan fingerprint density at radius 1 is 1.35 bits per heavy atom. The number of hydrogen-bond acceptors (Lipinski definition) is 3. The zero-order chi connectivity index (χ0) is 12.4. The second-order valence-corrected chi connectivity index (χ2v) is 3.82. The van der Waals surface area contributed by atoms with Crippen LogP contribution in [0.1, 0.15) is 16.8 Å². The summed E-state index contributed by atoms with van der Waals surface area (Å²) in [5, 5.41) is 9.44. The van der Waals surface area contributed by atoms with Crippen LogP contribution in [0.3, 0.4) is 0 Å². The molecule has 5 nitrogen and oxygen atoms in total. The van der Waals surface area contributed by atoms with E-state index in [1.165, 1.54) is 0 Å². The van der Waals surface area contributed by atoms with Crippen LogP contribution in [0, 0.1) is 0 Å². The number of aromatic amines is 1. The molecule has 1 atom stereocenters. The number of nitrogens with one attached hydrogen (secondary N) is 1. The monoisotopic (exact) mass is 232 g/mol. The first kappa shape index (κ1) is 11.3. The maximum Gasteiger partial charge on any atom is 0.320 e. The van der Waals surface area contributed by atoms with Crippen LogP contribution in [0.4, 0.5) is 0 Å². The minimum Gasteiger partial charge on any atom is -0.480 e. The van der Waals surface area contributed by atoms with E-state index in [1.54, 1.807) is 6.20 Å². The Morgan fingerprint density at radius 3 is 2.76 bits per heavy atom. The van der Waals surface area contributed by atoms with Crippen LogP contribution in [0.2, 0.25) is 0 Å². The van der Waals surface area contributed by atoms with E-state index < -0.39 is 12.0 Å². The number of rotatable bonds is 4. The smallest absolute Gasteiger partial charge is 0.320 e. The molecule has 2 aromatic rings. The third kappa shape index (κ3) is 2.19. The van der Waals surface area contributed by atoms with Gasteiger partial charge in [-0.15, -0.1) is 0 Å². The Balaban J connectivity index is 2.28. The molecular formula is C12H12N2O3. The van der Waals surface area contributed by atoms with Gasteiger partial charge in [0.2, 0.25) is 0 Å². The molecule has 1 aromatic carbocycles. The number of fused-ring (bicyclic) bond motifs is 1. The number of aliphatic carboxylic acids is 1. The number of carbonyl (C=O) groups excluding carboxylic acids is 1. The molecule has 0 fully saturated rings. The molecule has 0 bridgehead atoms. The third-order valence-corrected chi connectivity index (χ3v) is 2.61. The normalized spacial score (nSPS) is 12.5. The van der Waals surface area contributed by atoms with Gasteiger partial charge in [0, 0.05) is 29.1 Å². The summed E-state index contributed by atoms with van der Waals surface area (Å²) in [6.07, 6.45) is 1.39. The summed E-state index contributed by atoms with van der Waals surface area (Å²) < 4.78 is 0. The number of carboxylic acid groups (broad SMARTS) is 1. The van der Waals surface area contributed by atoms with Gasteiger partial charge in [0.15, 0.2) is 5.78 Å². The van der Waals surface area contributed by atoms with Crippen molar-refractivity contribution in [3.8, 4) is 0 Å². The van der Waals surface area contributed by atoms with Crippen LogP contribution in [-0.2, 0) is 4.79 Å². The highest BCUT2D eigenvalue weighted by Gasteiger charge is 2.19. The summed E-state index contributed by atoms with van der Waals surface area (Å²) in [6, 6.07) is 6.19. The summed E-state index contributed by atoms with van der Waals surface area (Å²) in [5.41, 5.74) is 6.67. The van der Waals surface area contributed by atoms with Gasteiger partial charge in [-0.1, -0.05) is 18.2 Å². The van der Waals surface area contributed by atoms with Crippen molar-refractivity contribution in [2.75, 3.05) is 0 Å². The molecule has 0 aliphatic rings. The average Bonchev–Trinajstić information content (AvgIpc) is 2.72. The molecule has 1 aromatic heterocycles. The van der Waals surface area contributed by atoms with Crippen LogP contribution in [0.15, 0.2) is 30.5 Å². The van der Waals surface area contributed by atoms with Crippen LogP contribution in [0.5, 0.6) is 0 Å². The van der Waals surface area contributed by atoms with E-state index in [4.69, 9.17) is 10.8 Å². The van der Waals surface area contributed by atoms with Gasteiger partial charge in [0.25, 0.3) is 0 Å². The van der Waals surface area contributed by atoms with Gasteiger partial charge in [-0.3, -0.25) is 9.59 Å². The van der Waals surface area contributed by atoms with Crippen molar-refractivity contribution < 1.29 is 14.7 Å². The zero-order valence-electron chi connectivity index (χ0n) is 9.01. The lowest BCUT2D eigenvalue weighted by molar-refractivity contribution is -0.138. The molecule has 0 spiro atoms. The van der Waals surface area contributed by atoms with E-state index in [0.717, 1.165) is 10.9 Å². The number of hydrogen-bond donors (Lipinski definition) is 3. The lowest BCUT2D eigenvalue weighted by atomic mass is 10.0. The maximum atomic E-state index is 11.9. The van der Waals surface area contributed by atoms with Gasteiger partial charge in [0.1, 0.15) is 6.04 Å². The molecule has 2 rings (SSSR count). The number of carboxylic acids is 1. The van der Waals surface area contributed by atoms with Gasteiger partial charge in [0.05, 0.1) is 0 Å². The third-order valence-electron chi connectivity index (χ3n) is 2.61. The number of Topliss-reactive ketones (excluding diaryl/α,β-unsaturated/α-hetero) is 1. The van der Waals surface area contributed by atoms with Crippen LogP contribution >= 0.6 is 0 Å². The number of nitrogens with two attached hydrogens (primary N) is 1. The number of ketones is 1. The van der Waals surface area contributed by atoms with Crippen molar-refractivity contribution in [1.82, 2.24) is 4.98 Å². The number of H-pyrrole nitrogens is 1. The lowest BCUT2D eigenvalue weighted by Gasteiger charge is -2.04. The Hall–Kier alpha value is -2.14. The number of carbonyl (C=O) groups is 2. The second-order valence-electron chi connectivity index (χ2n) is 3.82. The predicted molar refractivity (Wildman–Crippen MR) is 62.9 cm³/mol. The van der Waals surface area contributed by atoms with Crippen LogP contribution in [-0.4, -0.2) is 27.9 Å². The fourth-order valence-corrected chi connectivity index (χ4v) is 1.70. The number of para-hydroxylation sites is 1. The Kier molecular flexibility index (Phi) is 2.93. The van der Waals surface area contributed by atoms with Gasteiger partial charge >= 0.3 is 5.97 Å². The minimum absolute atomic E-state index is 0.197. The van der Waals surface area contributed by atoms with E-state index in [1.807, 2.05) is 24.3 Å². The summed E-state index contributed by atoms with van der Waals surface area (Å²) in [4.78, 5) is 25.4. The van der Waals surface area contributed by atoms with Crippen molar-refractivity contribution in [3.05, 3.63) is 36.0 Å². The highest BCUT2D eigenvalue weighted by Crippen LogP contribution is 2.19. The lowest BCUT2D eigenvalue weighted by Crippen LogP contribution is -2.32. The molecule has 5 heteroatoms. The molecule has 0 radical (unpaired) electrons. The first-order valence-corrected chi connectivity index (χ1v) is 5.17. The van der Waals surface area contributed by atoms with Crippen molar-refractivity contribution in [2.24, 2.45) is 5.73 Å². The molecule has 0 aliphatic heterocycles. The minimum atomic E-state index is -1.17. The van der Waals surface area contributed by atoms with E-state index in [-0.39, 0.29) is 12.2 Å². The average molecular weight is 232 g/mol. The SMILES string of the molecule is NC(CC(=O)c1c[nH]c2ccccc12)C(=O)O. The van der Waals surface area contributed by atoms with Crippen molar-refractivity contribution in [1.29, 1.82) is 0 Å². The largest absolute Gasteiger partial charge is 0.480 e. The summed E-state index contributed by atoms with van der Waals surface area (Å²) in [5.74, 6) is -1.43. The molecule has 0 aliphatic carbocycles. The number of benzene rings is 1. The quantitative estimate of drug-likeness (QED) is 0.689. The number of aromatic nitrogens is 1. The summed E-state index contributed by atoms with van der Waals surface area (Å²) >= 11 is 0. The first-order chi connectivity index (χ1) is 8.09. The summed E-state index contributed by atoms with van der Waals surface area (Å²) in [7, 11) is 0. The molecule has 0 amide bonds. The van der Waals surface area contributed by atoms with E-state index in [2.05, 4.69) is 4.98 Å². The fourth-order valence-electron chi connectivity index (χ4n) is 1.70. The fraction of sp³-hybridized carbons (Fsp3) is 0.167. The Morgan fingerprint density at radius 2 is 2.06 bits per heavy atom. The predicted octanol–water partition coefficient (Wildman–Crippen LogP) is 1.15. The standard InChI is InChI=1S/C12H12N2O3/c13-9(12(16)17)5-11(15)8-6-14-10-4-2-1-3-7(8)10/h1-4,6,9,14H,5,13H2,(H,16,17). The van der Waals surface area contributed by atoms with E-state index in [9.17, 15) is 9.59 Å². The van der Waals surface area contributed by atoms with Gasteiger partial charge in [-0.2, -0.15) is 0 Å². The molecule has 17 heavy (non-hydrogen) atoms. The van der Waals surface area contributed by atoms with E-state index >= 15 is 0 Å². The highest BCUT2D eigenvalue weighted by molar-refractivity contribution is 6.08. The second kappa shape index (κ2) is 4.39. The molecular weight excluding hydrogens is 220 g/mol. The molecule has 88 valence electrons. The van der Waals surface area contributed by atoms with Gasteiger partial charge in [-0.05, 0) is 6.07 Å². The van der Waals surface area contributed by atoms with Crippen LogP contribution < -0.4 is 5.73 Å². The first-order valence-electron chi connectivity index (χ1n) is 5.17. The van der Waals surface area contributed by atoms with Gasteiger partial charge < -0.3 is 15.8 Å². The maximum absolute atomic E-state index is 11.9. The molecule has 4 N–H and O–H groups in total. The van der Waals surface area contributed by atoms with Crippen molar-refractivity contribution in [2.45, 2.75) is 12.5 Å². The molecule has 0 saturated heterocycles. The van der Waals surface area contributed by atoms with Crippen molar-refractivity contribution in [3.63, 3.8) is 0 Å². The molecule has 1 heterocycles. The topological polar surface area (TPSA) is 96.2 Å². The zero-order valence-corrected chi connectivity index (χ0v) is 9.01. The van der Waals surface area contributed by atoms with Crippen LogP contribution in [0.25, 0.3) is 10.9 Å². The van der Waals surface area contributed by atoms with Crippen molar-refractivity contribution >= 4 is 22.7 Å². The Bertz CT molecular complexity index is 574. The molecule has 0 saturated carbocycles. The Labute approximate surface area is 97.2 Å². The van der Waals surface area contributed by atoms with Gasteiger partial charge in [-0.25, -0.2) is 0 Å². The highest BCUT2D eigenvalue weighted by atomic mass is 16.4. The summed E-state index contributed by atoms with van der Waals surface area (Å²) in [6.45, 7) is 0. The van der Waals surface area contributed by atoms with E-state index in [0.29, 0.717) is 5.56 Å². The molecule has 1 unspecified atom stereocenters.